The number of ether oxygens (including phenoxy) is 2. The number of methoxy groups -OCH3 is 1. The number of nitrogens with zero attached hydrogens (tertiary/aromatic N) is 3. The van der Waals surface area contributed by atoms with E-state index < -0.39 is 12.1 Å². The number of amides is 2. The second kappa shape index (κ2) is 11.1. The highest BCUT2D eigenvalue weighted by Crippen LogP contribution is 2.54. The van der Waals surface area contributed by atoms with Gasteiger partial charge in [-0.15, -0.1) is 11.3 Å². The fourth-order valence-electron chi connectivity index (χ4n) is 7.64. The lowest BCUT2D eigenvalue weighted by molar-refractivity contribution is -0.136. The zero-order valence-corrected chi connectivity index (χ0v) is 28.5. The molecular weight excluding hydrogens is 646 g/mol. The van der Waals surface area contributed by atoms with Crippen LogP contribution in [-0.2, 0) is 9.53 Å². The first-order chi connectivity index (χ1) is 23.3. The van der Waals surface area contributed by atoms with Gasteiger partial charge in [0.05, 0.1) is 41.1 Å². The van der Waals surface area contributed by atoms with Gasteiger partial charge in [-0.05, 0) is 92.0 Å². The SMILES string of the molecule is COC(=O)NC(C(=O)N1C(c2ncc(-c3ccc4c(c3)OC(c3ccc(C5CC5)s3)n3c-4cc4cc(Cl)ccc43)[nH]2)CC2CC21)C(C)C. The standard InChI is InChI=1S/C37H36ClN5O4S/c1-18(2)33(41-37(45)46-3)35(44)42-27-13-22(27)15-29(42)34-39-17-25(40-34)20-6-8-24-28-14-21-12-23(38)7-9-26(21)43(28)36(47-30(24)16-20)32-11-10-31(48-32)19-4-5-19/h6-12,14,16-19,22,27,29,33,36H,4-5,13,15H2,1-3H3,(H,39,40)(H,41,45). The zero-order valence-electron chi connectivity index (χ0n) is 26.9. The average Bonchev–Trinajstić information content (AvgIpc) is 3.80. The lowest BCUT2D eigenvalue weighted by Crippen LogP contribution is -2.52. The molecule has 2 aromatic carbocycles. The van der Waals surface area contributed by atoms with Crippen molar-refractivity contribution in [3.05, 3.63) is 81.4 Å². The number of fused-ring (bicyclic) bond motifs is 6. The van der Waals surface area contributed by atoms with Crippen LogP contribution in [0.15, 0.2) is 60.8 Å². The highest BCUT2D eigenvalue weighted by Gasteiger charge is 2.56. The van der Waals surface area contributed by atoms with Crippen LogP contribution in [0.25, 0.3) is 33.4 Å². The molecular formula is C37H36ClN5O4S. The van der Waals surface area contributed by atoms with E-state index in [1.54, 1.807) is 0 Å². The van der Waals surface area contributed by atoms with Crippen molar-refractivity contribution >= 4 is 45.8 Å². The van der Waals surface area contributed by atoms with Crippen LogP contribution in [0.3, 0.4) is 0 Å². The lowest BCUT2D eigenvalue weighted by Gasteiger charge is -2.32. The summed E-state index contributed by atoms with van der Waals surface area (Å²) in [5, 5.41) is 4.54. The van der Waals surface area contributed by atoms with Crippen molar-refractivity contribution in [1.29, 1.82) is 0 Å². The molecule has 48 heavy (non-hydrogen) atoms. The van der Waals surface area contributed by atoms with Crippen molar-refractivity contribution in [3.63, 3.8) is 0 Å². The molecule has 246 valence electrons. The largest absolute Gasteiger partial charge is 0.464 e. The first kappa shape index (κ1) is 29.8. The van der Waals surface area contributed by atoms with Crippen LogP contribution in [0.4, 0.5) is 4.79 Å². The minimum Gasteiger partial charge on any atom is -0.464 e. The summed E-state index contributed by atoms with van der Waals surface area (Å²) in [6.45, 7) is 3.86. The predicted octanol–water partition coefficient (Wildman–Crippen LogP) is 8.27. The van der Waals surface area contributed by atoms with Crippen LogP contribution in [0.2, 0.25) is 5.02 Å². The van der Waals surface area contributed by atoms with Crippen molar-refractivity contribution in [1.82, 2.24) is 24.8 Å². The summed E-state index contributed by atoms with van der Waals surface area (Å²) in [6.07, 6.45) is 5.30. The third-order valence-corrected chi connectivity index (χ3v) is 11.9. The number of hydrogen-bond acceptors (Lipinski definition) is 6. The number of aromatic amines is 1. The molecule has 1 saturated heterocycles. The zero-order chi connectivity index (χ0) is 32.8. The number of halogens is 1. The van der Waals surface area contributed by atoms with Gasteiger partial charge in [0, 0.05) is 32.5 Å². The summed E-state index contributed by atoms with van der Waals surface area (Å²) in [4.78, 5) is 38.8. The molecule has 3 aromatic heterocycles. The fourth-order valence-corrected chi connectivity index (χ4v) is 9.02. The summed E-state index contributed by atoms with van der Waals surface area (Å²) in [7, 11) is 1.31. The van der Waals surface area contributed by atoms with E-state index in [1.807, 2.05) is 48.4 Å². The van der Waals surface area contributed by atoms with Gasteiger partial charge in [0.15, 0.2) is 0 Å². The molecule has 9 rings (SSSR count). The fraction of sp³-hybridized carbons (Fsp3) is 0.378. The number of rotatable bonds is 7. The van der Waals surface area contributed by atoms with Gasteiger partial charge < -0.3 is 24.7 Å². The molecule has 0 radical (unpaired) electrons. The number of imidazole rings is 1. The van der Waals surface area contributed by atoms with Gasteiger partial charge in [-0.3, -0.25) is 9.36 Å². The second-order valence-corrected chi connectivity index (χ2v) is 15.5. The number of alkyl carbamates (subject to hydrolysis) is 1. The van der Waals surface area contributed by atoms with Gasteiger partial charge >= 0.3 is 6.09 Å². The average molecular weight is 682 g/mol. The van der Waals surface area contributed by atoms with Crippen LogP contribution in [0.5, 0.6) is 5.75 Å². The number of benzene rings is 2. The smallest absolute Gasteiger partial charge is 0.407 e. The molecule has 2 aliphatic carbocycles. The quantitative estimate of drug-likeness (QED) is 0.180. The number of H-pyrrole nitrogens is 1. The molecule has 5 atom stereocenters. The van der Waals surface area contributed by atoms with Gasteiger partial charge in [-0.25, -0.2) is 9.78 Å². The van der Waals surface area contributed by atoms with E-state index in [2.05, 4.69) is 57.3 Å². The molecule has 5 heterocycles. The van der Waals surface area contributed by atoms with Crippen LogP contribution in [0.1, 0.15) is 73.3 Å². The number of aromatic nitrogens is 3. The second-order valence-electron chi connectivity index (χ2n) is 13.9. The summed E-state index contributed by atoms with van der Waals surface area (Å²) >= 11 is 8.26. The molecule has 5 aromatic rings. The monoisotopic (exact) mass is 681 g/mol. The van der Waals surface area contributed by atoms with E-state index in [4.69, 9.17) is 26.1 Å². The van der Waals surface area contributed by atoms with Gasteiger partial charge in [0.2, 0.25) is 12.1 Å². The maximum Gasteiger partial charge on any atom is 0.407 e. The molecule has 11 heteroatoms. The summed E-state index contributed by atoms with van der Waals surface area (Å²) in [5.41, 5.74) is 5.02. The van der Waals surface area contributed by atoms with E-state index in [9.17, 15) is 9.59 Å². The third-order valence-electron chi connectivity index (χ3n) is 10.4. The maximum atomic E-state index is 13.9. The number of likely N-dealkylation sites (tertiary alicyclic amines) is 1. The number of hydrogen-bond donors (Lipinski definition) is 2. The van der Waals surface area contributed by atoms with E-state index in [0.29, 0.717) is 16.9 Å². The Kier molecular flexibility index (Phi) is 6.92. The molecule has 2 saturated carbocycles. The number of thiophene rings is 1. The van der Waals surface area contributed by atoms with E-state index >= 15 is 0 Å². The first-order valence-corrected chi connectivity index (χ1v) is 17.9. The van der Waals surface area contributed by atoms with Gasteiger partial charge in [-0.1, -0.05) is 31.5 Å². The van der Waals surface area contributed by atoms with E-state index in [1.165, 1.54) is 29.7 Å². The van der Waals surface area contributed by atoms with E-state index in [0.717, 1.165) is 57.8 Å². The highest BCUT2D eigenvalue weighted by atomic mass is 35.5. The molecule has 0 bridgehead atoms. The topological polar surface area (TPSA) is 101 Å². The number of carbonyl (C=O) groups is 2. The summed E-state index contributed by atoms with van der Waals surface area (Å²) in [5.74, 6) is 2.51. The molecule has 5 unspecified atom stereocenters. The maximum absolute atomic E-state index is 13.9. The summed E-state index contributed by atoms with van der Waals surface area (Å²) < 4.78 is 14.0. The van der Waals surface area contributed by atoms with Crippen molar-refractivity contribution in [2.45, 2.75) is 69.8 Å². The Morgan fingerprint density at radius 3 is 2.71 bits per heavy atom. The molecule has 3 fully saturated rings. The van der Waals surface area contributed by atoms with Crippen LogP contribution in [-0.4, -0.2) is 50.6 Å². The summed E-state index contributed by atoms with van der Waals surface area (Å²) in [6, 6.07) is 18.3. The Balaban J connectivity index is 1.05. The normalized spacial score (nSPS) is 23.0. The van der Waals surface area contributed by atoms with E-state index in [-0.39, 0.29) is 30.1 Å². The van der Waals surface area contributed by atoms with Crippen molar-refractivity contribution in [2.75, 3.05) is 7.11 Å². The molecule has 2 aliphatic heterocycles. The molecule has 0 spiro atoms. The first-order valence-electron chi connectivity index (χ1n) is 16.7. The van der Waals surface area contributed by atoms with Crippen LogP contribution >= 0.6 is 22.9 Å². The van der Waals surface area contributed by atoms with Crippen LogP contribution in [0, 0.1) is 11.8 Å². The Morgan fingerprint density at radius 2 is 1.92 bits per heavy atom. The number of carbonyl (C=O) groups excluding carboxylic acids is 2. The molecule has 2 amide bonds. The Hall–Kier alpha value is -4.28. The van der Waals surface area contributed by atoms with Crippen LogP contribution < -0.4 is 10.1 Å². The highest BCUT2D eigenvalue weighted by molar-refractivity contribution is 7.12. The van der Waals surface area contributed by atoms with Crippen molar-refractivity contribution in [2.24, 2.45) is 11.8 Å². The minimum absolute atomic E-state index is 0.0910. The number of piperidine rings is 1. The molecule has 9 nitrogen and oxygen atoms in total. The molecule has 2 N–H and O–H groups in total. The Morgan fingerprint density at radius 1 is 1.08 bits per heavy atom. The van der Waals surface area contributed by atoms with Gasteiger partial charge in [0.25, 0.3) is 0 Å². The lowest BCUT2D eigenvalue weighted by atomic mass is 10.0. The van der Waals surface area contributed by atoms with Crippen molar-refractivity contribution in [3.8, 4) is 28.3 Å². The Bertz CT molecular complexity index is 2100. The molecule has 4 aliphatic rings. The van der Waals surface area contributed by atoms with Gasteiger partial charge in [0.1, 0.15) is 17.6 Å². The minimum atomic E-state index is -0.671. The third kappa shape index (κ3) is 4.91. The predicted molar refractivity (Wildman–Crippen MR) is 185 cm³/mol. The van der Waals surface area contributed by atoms with Crippen molar-refractivity contribution < 1.29 is 19.1 Å². The number of nitrogens with one attached hydrogen (secondary N) is 2. The Labute approximate surface area is 287 Å². The van der Waals surface area contributed by atoms with Gasteiger partial charge in [-0.2, -0.15) is 0 Å².